The van der Waals surface area contributed by atoms with Crippen molar-refractivity contribution in [3.63, 3.8) is 0 Å². The average Bonchev–Trinajstić information content (AvgIpc) is 3.19. The highest BCUT2D eigenvalue weighted by atomic mass is 32.2. The Bertz CT molecular complexity index is 785. The summed E-state index contributed by atoms with van der Waals surface area (Å²) < 4.78 is 14.2. The summed E-state index contributed by atoms with van der Waals surface area (Å²) in [5, 5.41) is -0.211. The zero-order valence-electron chi connectivity index (χ0n) is 15.1. The van der Waals surface area contributed by atoms with Crippen molar-refractivity contribution in [3.05, 3.63) is 54.1 Å². The fourth-order valence-corrected chi connectivity index (χ4v) is 4.93. The quantitative estimate of drug-likeness (QED) is 0.831. The number of rotatable bonds is 4. The van der Waals surface area contributed by atoms with E-state index in [0.717, 1.165) is 37.9 Å². The van der Waals surface area contributed by atoms with Gasteiger partial charge >= 0.3 is 0 Å². The topological polar surface area (TPSA) is 53.8 Å². The first-order valence-corrected chi connectivity index (χ1v) is 10.3. The van der Waals surface area contributed by atoms with E-state index in [1.165, 1.54) is 11.0 Å². The summed E-state index contributed by atoms with van der Waals surface area (Å²) in [6.07, 6.45) is 3.50. The van der Waals surface area contributed by atoms with Crippen LogP contribution >= 0.6 is 11.8 Å². The Morgan fingerprint density at radius 2 is 1.89 bits per heavy atom. The first kappa shape index (κ1) is 18.2. The molecule has 2 aromatic rings. The summed E-state index contributed by atoms with van der Waals surface area (Å²) in [5.41, 5.74) is 0.606. The molecule has 142 valence electrons. The zero-order chi connectivity index (χ0) is 18.6. The molecule has 6 nitrogen and oxygen atoms in total. The third-order valence-corrected chi connectivity index (χ3v) is 6.33. The Kier molecular flexibility index (Phi) is 5.54. The fraction of sp³-hybridized carbons (Fsp3) is 0.421. The van der Waals surface area contributed by atoms with Crippen molar-refractivity contribution in [1.29, 1.82) is 0 Å². The van der Waals surface area contributed by atoms with Crippen molar-refractivity contribution in [3.8, 4) is 0 Å². The third-order valence-electron chi connectivity index (χ3n) is 5.09. The first-order chi connectivity index (χ1) is 13.2. The molecule has 8 heteroatoms. The molecular formula is C19H23FN5OS+. The van der Waals surface area contributed by atoms with Crippen LogP contribution in [0.25, 0.3) is 0 Å². The second kappa shape index (κ2) is 8.22. The summed E-state index contributed by atoms with van der Waals surface area (Å²) in [6.45, 7) is 4.54. The maximum atomic E-state index is 14.2. The number of carbonyl (C=O) groups excluding carboxylic acids is 1. The molecule has 2 saturated heterocycles. The molecule has 1 amide bonds. The highest BCUT2D eigenvalue weighted by Crippen LogP contribution is 2.38. The number of halogens is 1. The van der Waals surface area contributed by atoms with Gasteiger partial charge in [0.1, 0.15) is 11.2 Å². The van der Waals surface area contributed by atoms with E-state index in [-0.39, 0.29) is 17.1 Å². The summed E-state index contributed by atoms with van der Waals surface area (Å²) in [5.74, 6) is 1.46. The van der Waals surface area contributed by atoms with Crippen molar-refractivity contribution in [2.75, 3.05) is 49.9 Å². The predicted molar refractivity (Wildman–Crippen MR) is 103 cm³/mol. The van der Waals surface area contributed by atoms with Crippen molar-refractivity contribution in [2.45, 2.75) is 5.37 Å². The molecular weight excluding hydrogens is 365 g/mol. The molecule has 2 aliphatic rings. The minimum absolute atomic E-state index is 0.104. The summed E-state index contributed by atoms with van der Waals surface area (Å²) >= 11 is 1.64. The van der Waals surface area contributed by atoms with Crippen molar-refractivity contribution < 1.29 is 14.1 Å². The Balaban J connectivity index is 1.35. The number of anilines is 1. The molecule has 0 spiro atoms. The van der Waals surface area contributed by atoms with Gasteiger partial charge in [-0.25, -0.2) is 14.4 Å². The van der Waals surface area contributed by atoms with Crippen LogP contribution in [0.3, 0.4) is 0 Å². The molecule has 0 radical (unpaired) electrons. The van der Waals surface area contributed by atoms with Crippen LogP contribution in [0.15, 0.2) is 42.7 Å². The molecule has 3 heterocycles. The van der Waals surface area contributed by atoms with E-state index in [0.29, 0.717) is 18.7 Å². The smallest absolute Gasteiger partial charge is 0.278 e. The minimum Gasteiger partial charge on any atom is -0.330 e. The molecule has 1 aromatic heterocycles. The van der Waals surface area contributed by atoms with E-state index in [1.807, 2.05) is 17.0 Å². The lowest BCUT2D eigenvalue weighted by molar-refractivity contribution is -0.892. The maximum Gasteiger partial charge on any atom is 0.278 e. The number of hydrogen-bond acceptors (Lipinski definition) is 5. The molecule has 27 heavy (non-hydrogen) atoms. The first-order valence-electron chi connectivity index (χ1n) is 9.23. The number of nitrogens with one attached hydrogen (secondary N) is 1. The van der Waals surface area contributed by atoms with E-state index >= 15 is 0 Å². The van der Waals surface area contributed by atoms with Crippen LogP contribution in [0.4, 0.5) is 10.3 Å². The van der Waals surface area contributed by atoms with Gasteiger partial charge in [0.25, 0.3) is 5.91 Å². The van der Waals surface area contributed by atoms with Gasteiger partial charge in [-0.2, -0.15) is 0 Å². The van der Waals surface area contributed by atoms with Gasteiger partial charge in [0, 0.05) is 30.3 Å². The van der Waals surface area contributed by atoms with Crippen LogP contribution in [-0.4, -0.2) is 65.8 Å². The predicted octanol–water partition coefficient (Wildman–Crippen LogP) is 0.595. The number of carbonyl (C=O) groups is 1. The van der Waals surface area contributed by atoms with Gasteiger partial charge in [0.05, 0.1) is 26.2 Å². The van der Waals surface area contributed by atoms with Crippen LogP contribution in [0.2, 0.25) is 0 Å². The van der Waals surface area contributed by atoms with Gasteiger partial charge in [-0.1, -0.05) is 18.2 Å². The minimum atomic E-state index is -0.237. The molecule has 0 saturated carbocycles. The van der Waals surface area contributed by atoms with Crippen LogP contribution in [0, 0.1) is 5.82 Å². The van der Waals surface area contributed by atoms with Crippen LogP contribution in [0.1, 0.15) is 10.9 Å². The molecule has 0 bridgehead atoms. The van der Waals surface area contributed by atoms with E-state index in [1.54, 1.807) is 36.3 Å². The second-order valence-corrected chi connectivity index (χ2v) is 7.98. The summed E-state index contributed by atoms with van der Waals surface area (Å²) in [6, 6.07) is 8.57. The highest BCUT2D eigenvalue weighted by molar-refractivity contribution is 7.99. The van der Waals surface area contributed by atoms with E-state index in [4.69, 9.17) is 0 Å². The Morgan fingerprint density at radius 1 is 1.15 bits per heavy atom. The summed E-state index contributed by atoms with van der Waals surface area (Å²) in [4.78, 5) is 26.7. The molecule has 1 aromatic carbocycles. The van der Waals surface area contributed by atoms with Crippen LogP contribution in [0.5, 0.6) is 0 Å². The van der Waals surface area contributed by atoms with Gasteiger partial charge in [0.2, 0.25) is 5.95 Å². The number of aromatic nitrogens is 2. The van der Waals surface area contributed by atoms with Crippen molar-refractivity contribution in [2.24, 2.45) is 0 Å². The number of quaternary nitrogens is 1. The second-order valence-electron chi connectivity index (χ2n) is 6.79. The van der Waals surface area contributed by atoms with E-state index in [9.17, 15) is 9.18 Å². The Morgan fingerprint density at radius 3 is 2.63 bits per heavy atom. The molecule has 0 unspecified atom stereocenters. The normalized spacial score (nSPS) is 20.9. The molecule has 1 atom stereocenters. The Labute approximate surface area is 162 Å². The number of hydrogen-bond donors (Lipinski definition) is 1. The summed E-state index contributed by atoms with van der Waals surface area (Å²) in [7, 11) is 0. The number of thioether (sulfide) groups is 1. The third kappa shape index (κ3) is 4.06. The van der Waals surface area contributed by atoms with Crippen LogP contribution in [-0.2, 0) is 4.79 Å². The number of nitrogens with zero attached hydrogens (tertiary/aromatic N) is 4. The molecule has 2 fully saturated rings. The largest absolute Gasteiger partial charge is 0.330 e. The van der Waals surface area contributed by atoms with Gasteiger partial charge in [-0.05, 0) is 12.1 Å². The lowest BCUT2D eigenvalue weighted by Crippen LogP contribution is -3.15. The SMILES string of the molecule is O=C(C[NH+]1CCN(c2ncccn2)CC1)N1CCS[C@H]1c1ccccc1F. The number of benzene rings is 1. The molecule has 4 rings (SSSR count). The molecule has 0 aliphatic carbocycles. The number of piperazine rings is 1. The zero-order valence-corrected chi connectivity index (χ0v) is 15.9. The standard InChI is InChI=1S/C19H22FN5OS/c20-16-5-2-1-4-15(16)18-25(12-13-27-18)17(26)14-23-8-10-24(11-9-23)19-21-6-3-7-22-19/h1-7,18H,8-14H2/p+1/t18-/m0/s1. The lowest BCUT2D eigenvalue weighted by atomic mass is 10.2. The van der Waals surface area contributed by atoms with Crippen molar-refractivity contribution >= 4 is 23.6 Å². The number of amides is 1. The van der Waals surface area contributed by atoms with E-state index < -0.39 is 0 Å². The average molecular weight is 388 g/mol. The maximum absolute atomic E-state index is 14.2. The van der Waals surface area contributed by atoms with Crippen molar-refractivity contribution in [1.82, 2.24) is 14.9 Å². The van der Waals surface area contributed by atoms with E-state index in [2.05, 4.69) is 14.9 Å². The van der Waals surface area contributed by atoms with Gasteiger partial charge < -0.3 is 14.7 Å². The monoisotopic (exact) mass is 388 g/mol. The van der Waals surface area contributed by atoms with Gasteiger partial charge in [-0.15, -0.1) is 11.8 Å². The highest BCUT2D eigenvalue weighted by Gasteiger charge is 2.34. The molecule has 2 aliphatic heterocycles. The van der Waals surface area contributed by atoms with Gasteiger partial charge in [0.15, 0.2) is 6.54 Å². The Hall–Kier alpha value is -2.19. The van der Waals surface area contributed by atoms with Gasteiger partial charge in [-0.3, -0.25) is 4.79 Å². The lowest BCUT2D eigenvalue weighted by Gasteiger charge is -2.33. The fourth-order valence-electron chi connectivity index (χ4n) is 3.63. The molecule has 1 N–H and O–H groups in total. The van der Waals surface area contributed by atoms with Crippen LogP contribution < -0.4 is 9.80 Å².